The molecule has 0 fully saturated rings. The number of rotatable bonds is 5. The van der Waals surface area contributed by atoms with Crippen molar-refractivity contribution in [1.29, 1.82) is 0 Å². The van der Waals surface area contributed by atoms with E-state index in [1.165, 1.54) is 0 Å². The van der Waals surface area contributed by atoms with Crippen LogP contribution in [0.5, 0.6) is 0 Å². The van der Waals surface area contributed by atoms with E-state index in [0.717, 1.165) is 5.56 Å². The first-order valence-corrected chi connectivity index (χ1v) is 9.62. The summed E-state index contributed by atoms with van der Waals surface area (Å²) in [5, 5.41) is 0. The third-order valence-corrected chi connectivity index (χ3v) is 6.10. The van der Waals surface area contributed by atoms with Crippen LogP contribution in [0.15, 0.2) is 62.4 Å². The first kappa shape index (κ1) is 17.0. The SMILES string of the molecule is O=S(=O)(NC(CCl)c1ccccc1)c1cc(Br)ccc1Br. The van der Waals surface area contributed by atoms with E-state index in [1.807, 2.05) is 30.3 Å². The maximum absolute atomic E-state index is 12.5. The molecule has 0 aromatic heterocycles. The van der Waals surface area contributed by atoms with Crippen molar-refractivity contribution >= 4 is 53.5 Å². The van der Waals surface area contributed by atoms with E-state index in [4.69, 9.17) is 11.6 Å². The summed E-state index contributed by atoms with van der Waals surface area (Å²) in [6.07, 6.45) is 0. The normalized spacial score (nSPS) is 13.1. The van der Waals surface area contributed by atoms with Crippen LogP contribution in [-0.4, -0.2) is 14.3 Å². The van der Waals surface area contributed by atoms with Gasteiger partial charge in [-0.15, -0.1) is 11.6 Å². The van der Waals surface area contributed by atoms with Gasteiger partial charge in [-0.2, -0.15) is 0 Å². The summed E-state index contributed by atoms with van der Waals surface area (Å²) in [7, 11) is -3.68. The van der Waals surface area contributed by atoms with E-state index in [-0.39, 0.29) is 10.8 Å². The highest BCUT2D eigenvalue weighted by Crippen LogP contribution is 2.27. The number of hydrogen-bond acceptors (Lipinski definition) is 2. The van der Waals surface area contributed by atoms with Crippen molar-refractivity contribution in [2.24, 2.45) is 0 Å². The number of alkyl halides is 1. The molecule has 0 saturated carbocycles. The minimum absolute atomic E-state index is 0.148. The topological polar surface area (TPSA) is 46.2 Å². The highest BCUT2D eigenvalue weighted by atomic mass is 79.9. The third-order valence-electron chi connectivity index (χ3n) is 2.84. The summed E-state index contributed by atoms with van der Waals surface area (Å²) < 4.78 is 28.9. The quantitative estimate of drug-likeness (QED) is 0.679. The summed E-state index contributed by atoms with van der Waals surface area (Å²) in [5.41, 5.74) is 0.821. The Morgan fingerprint density at radius 2 is 1.76 bits per heavy atom. The molecule has 0 heterocycles. The van der Waals surface area contributed by atoms with E-state index in [9.17, 15) is 8.42 Å². The molecule has 0 radical (unpaired) electrons. The van der Waals surface area contributed by atoms with E-state index in [0.29, 0.717) is 8.95 Å². The molecular formula is C14H12Br2ClNO2S. The molecule has 0 aliphatic heterocycles. The molecule has 112 valence electrons. The molecular weight excluding hydrogens is 441 g/mol. The average Bonchev–Trinajstić information content (AvgIpc) is 2.48. The third kappa shape index (κ3) is 4.29. The van der Waals surface area contributed by atoms with Crippen LogP contribution in [0, 0.1) is 0 Å². The van der Waals surface area contributed by atoms with Gasteiger partial charge in [0.25, 0.3) is 0 Å². The van der Waals surface area contributed by atoms with Crippen molar-refractivity contribution in [1.82, 2.24) is 4.72 Å². The van der Waals surface area contributed by atoms with Crippen LogP contribution < -0.4 is 4.72 Å². The second-order valence-corrected chi connectivity index (χ2v) is 8.07. The van der Waals surface area contributed by atoms with Crippen LogP contribution in [0.3, 0.4) is 0 Å². The van der Waals surface area contributed by atoms with Crippen molar-refractivity contribution in [2.75, 3.05) is 5.88 Å². The fourth-order valence-corrected chi connectivity index (χ4v) is 4.88. The molecule has 2 aromatic rings. The second kappa shape index (κ2) is 7.24. The summed E-state index contributed by atoms with van der Waals surface area (Å²) in [6.45, 7) is 0. The van der Waals surface area contributed by atoms with Crippen molar-refractivity contribution < 1.29 is 8.42 Å². The highest BCUT2D eigenvalue weighted by molar-refractivity contribution is 9.11. The van der Waals surface area contributed by atoms with Gasteiger partial charge in [0.1, 0.15) is 0 Å². The molecule has 0 amide bonds. The maximum atomic E-state index is 12.5. The molecule has 0 spiro atoms. The van der Waals surface area contributed by atoms with Crippen molar-refractivity contribution in [3.63, 3.8) is 0 Å². The summed E-state index contributed by atoms with van der Waals surface area (Å²) in [4.78, 5) is 0.169. The standard InChI is InChI=1S/C14H12Br2ClNO2S/c15-11-6-7-12(16)14(8-11)21(19,20)18-13(9-17)10-4-2-1-3-5-10/h1-8,13,18H,9H2. The monoisotopic (exact) mass is 451 g/mol. The van der Waals surface area contributed by atoms with Crippen LogP contribution in [0.1, 0.15) is 11.6 Å². The Bertz CT molecular complexity index is 723. The molecule has 0 bridgehead atoms. The molecule has 0 saturated heterocycles. The lowest BCUT2D eigenvalue weighted by Gasteiger charge is -2.17. The van der Waals surface area contributed by atoms with Crippen LogP contribution >= 0.6 is 43.5 Å². The van der Waals surface area contributed by atoms with Gasteiger partial charge < -0.3 is 0 Å². The van der Waals surface area contributed by atoms with E-state index < -0.39 is 16.1 Å². The van der Waals surface area contributed by atoms with Crippen LogP contribution in [-0.2, 0) is 10.0 Å². The molecule has 21 heavy (non-hydrogen) atoms. The number of sulfonamides is 1. The lowest BCUT2D eigenvalue weighted by molar-refractivity contribution is 0.567. The molecule has 2 rings (SSSR count). The zero-order valence-electron chi connectivity index (χ0n) is 10.8. The van der Waals surface area contributed by atoms with E-state index in [1.54, 1.807) is 18.2 Å². The number of nitrogens with one attached hydrogen (secondary N) is 1. The number of benzene rings is 2. The lowest BCUT2D eigenvalue weighted by Crippen LogP contribution is -2.30. The Hall–Kier alpha value is -0.400. The molecule has 3 nitrogen and oxygen atoms in total. The predicted molar refractivity (Wildman–Crippen MR) is 92.1 cm³/mol. The number of halogens is 3. The zero-order chi connectivity index (χ0) is 15.5. The highest BCUT2D eigenvalue weighted by Gasteiger charge is 2.23. The summed E-state index contributed by atoms with van der Waals surface area (Å²) in [6, 6.07) is 13.7. The van der Waals surface area contributed by atoms with Gasteiger partial charge in [-0.3, -0.25) is 0 Å². The minimum Gasteiger partial charge on any atom is -0.207 e. The van der Waals surface area contributed by atoms with Crippen molar-refractivity contribution in [3.8, 4) is 0 Å². The van der Waals surface area contributed by atoms with Gasteiger partial charge in [0.05, 0.1) is 10.9 Å². The first-order chi connectivity index (χ1) is 9.94. The van der Waals surface area contributed by atoms with Crippen LogP contribution in [0.25, 0.3) is 0 Å². The fourth-order valence-electron chi connectivity index (χ4n) is 1.81. The van der Waals surface area contributed by atoms with Gasteiger partial charge in [0, 0.05) is 14.8 Å². The molecule has 2 aromatic carbocycles. The second-order valence-electron chi connectivity index (χ2n) is 4.31. The lowest BCUT2D eigenvalue weighted by atomic mass is 10.1. The summed E-state index contributed by atoms with van der Waals surface area (Å²) in [5.74, 6) is 0.148. The van der Waals surface area contributed by atoms with Crippen LogP contribution in [0.4, 0.5) is 0 Å². The fraction of sp³-hybridized carbons (Fsp3) is 0.143. The Balaban J connectivity index is 2.34. The largest absolute Gasteiger partial charge is 0.242 e. The minimum atomic E-state index is -3.68. The van der Waals surface area contributed by atoms with E-state index in [2.05, 4.69) is 36.6 Å². The van der Waals surface area contributed by atoms with Gasteiger partial charge in [0.15, 0.2) is 0 Å². The predicted octanol–water partition coefficient (Wildman–Crippen LogP) is 4.47. The molecule has 1 N–H and O–H groups in total. The first-order valence-electron chi connectivity index (χ1n) is 6.02. The Kier molecular flexibility index (Phi) is 5.85. The van der Waals surface area contributed by atoms with Crippen molar-refractivity contribution in [3.05, 3.63) is 63.0 Å². The van der Waals surface area contributed by atoms with E-state index >= 15 is 0 Å². The smallest absolute Gasteiger partial charge is 0.207 e. The van der Waals surface area contributed by atoms with Gasteiger partial charge in [0.2, 0.25) is 10.0 Å². The van der Waals surface area contributed by atoms with Gasteiger partial charge >= 0.3 is 0 Å². The van der Waals surface area contributed by atoms with Crippen LogP contribution in [0.2, 0.25) is 0 Å². The molecule has 0 aliphatic carbocycles. The molecule has 1 unspecified atom stereocenters. The number of hydrogen-bond donors (Lipinski definition) is 1. The Labute approximate surface area is 146 Å². The van der Waals surface area contributed by atoms with Gasteiger partial charge in [-0.25, -0.2) is 13.1 Å². The summed E-state index contributed by atoms with van der Waals surface area (Å²) >= 11 is 12.5. The Morgan fingerprint density at radius 3 is 2.38 bits per heavy atom. The van der Waals surface area contributed by atoms with Gasteiger partial charge in [-0.1, -0.05) is 46.3 Å². The molecule has 1 atom stereocenters. The average molecular weight is 454 g/mol. The van der Waals surface area contributed by atoms with Gasteiger partial charge in [-0.05, 0) is 39.7 Å². The molecule has 7 heteroatoms. The Morgan fingerprint density at radius 1 is 1.10 bits per heavy atom. The molecule has 0 aliphatic rings. The maximum Gasteiger partial charge on any atom is 0.242 e. The zero-order valence-corrected chi connectivity index (χ0v) is 15.5. The van der Waals surface area contributed by atoms with Crippen molar-refractivity contribution in [2.45, 2.75) is 10.9 Å².